The number of halogens is 1. The summed E-state index contributed by atoms with van der Waals surface area (Å²) < 4.78 is 11.3. The highest BCUT2D eigenvalue weighted by molar-refractivity contribution is 6.30. The lowest BCUT2D eigenvalue weighted by molar-refractivity contribution is -0.121. The molecule has 0 spiro atoms. The summed E-state index contributed by atoms with van der Waals surface area (Å²) in [6.45, 7) is 2.30. The predicted octanol–water partition coefficient (Wildman–Crippen LogP) is 4.60. The lowest BCUT2D eigenvalue weighted by atomic mass is 9.99. The van der Waals surface area contributed by atoms with Crippen molar-refractivity contribution in [1.29, 1.82) is 0 Å². The number of nitrogens with one attached hydrogen (secondary N) is 1. The third-order valence-electron chi connectivity index (χ3n) is 5.40. The molecule has 0 fully saturated rings. The molecule has 0 saturated carbocycles. The van der Waals surface area contributed by atoms with Crippen molar-refractivity contribution in [3.8, 4) is 11.1 Å². The van der Waals surface area contributed by atoms with Gasteiger partial charge in [-0.1, -0.05) is 23.7 Å². The third-order valence-corrected chi connectivity index (χ3v) is 5.65. The van der Waals surface area contributed by atoms with Gasteiger partial charge in [-0.15, -0.1) is 0 Å². The van der Waals surface area contributed by atoms with Crippen LogP contribution in [0.3, 0.4) is 0 Å². The van der Waals surface area contributed by atoms with Crippen LogP contribution in [0.25, 0.3) is 33.1 Å². The second-order valence-electron chi connectivity index (χ2n) is 7.42. The molecule has 0 aliphatic carbocycles. The second kappa shape index (κ2) is 8.96. The molecule has 0 atom stereocenters. The fourth-order valence-electron chi connectivity index (χ4n) is 3.69. The van der Waals surface area contributed by atoms with Gasteiger partial charge in [-0.05, 0) is 49.1 Å². The first-order valence-corrected chi connectivity index (χ1v) is 10.5. The molecule has 160 valence electrons. The lowest BCUT2D eigenvalue weighted by Gasteiger charge is -2.09. The summed E-state index contributed by atoms with van der Waals surface area (Å²) in [6, 6.07) is 11.2. The third kappa shape index (κ3) is 4.36. The van der Waals surface area contributed by atoms with Crippen molar-refractivity contribution in [3.05, 3.63) is 69.2 Å². The van der Waals surface area contributed by atoms with Crippen LogP contribution in [-0.4, -0.2) is 24.2 Å². The van der Waals surface area contributed by atoms with E-state index < -0.39 is 5.63 Å². The van der Waals surface area contributed by atoms with Gasteiger partial charge in [-0.2, -0.15) is 0 Å². The number of carbonyl (C=O) groups excluding carboxylic acids is 1. The molecule has 0 unspecified atom stereocenters. The summed E-state index contributed by atoms with van der Waals surface area (Å²) in [7, 11) is 0. The highest BCUT2D eigenvalue weighted by Gasteiger charge is 2.16. The molecule has 4 rings (SSSR count). The number of furan rings is 1. The molecular weight excluding hydrogens is 418 g/mol. The first-order valence-electron chi connectivity index (χ1n) is 10.1. The van der Waals surface area contributed by atoms with E-state index in [-0.39, 0.29) is 25.4 Å². The van der Waals surface area contributed by atoms with E-state index in [1.54, 1.807) is 12.3 Å². The van der Waals surface area contributed by atoms with Crippen LogP contribution in [0, 0.1) is 6.92 Å². The van der Waals surface area contributed by atoms with Gasteiger partial charge in [0.25, 0.3) is 0 Å². The van der Waals surface area contributed by atoms with Gasteiger partial charge >= 0.3 is 5.63 Å². The Bertz CT molecular complexity index is 1300. The second-order valence-corrected chi connectivity index (χ2v) is 7.86. The Labute approximate surface area is 183 Å². The summed E-state index contributed by atoms with van der Waals surface area (Å²) in [6.07, 6.45) is 2.63. The minimum absolute atomic E-state index is 0.0220. The molecule has 0 bridgehead atoms. The summed E-state index contributed by atoms with van der Waals surface area (Å²) >= 11 is 6.00. The molecule has 4 aromatic rings. The van der Waals surface area contributed by atoms with E-state index in [0.717, 1.165) is 27.5 Å². The van der Waals surface area contributed by atoms with Crippen molar-refractivity contribution in [1.82, 2.24) is 5.32 Å². The summed E-state index contributed by atoms with van der Waals surface area (Å²) in [5.41, 5.74) is 3.79. The quantitative estimate of drug-likeness (QED) is 0.324. The van der Waals surface area contributed by atoms with Gasteiger partial charge in [0, 0.05) is 52.6 Å². The zero-order valence-corrected chi connectivity index (χ0v) is 17.8. The molecule has 7 heteroatoms. The molecular formula is C24H22ClNO5. The minimum atomic E-state index is -0.447. The fourth-order valence-corrected chi connectivity index (χ4v) is 3.81. The maximum absolute atomic E-state index is 12.5. The lowest BCUT2D eigenvalue weighted by Crippen LogP contribution is -2.26. The molecule has 0 aliphatic rings. The molecule has 1 amide bonds. The van der Waals surface area contributed by atoms with E-state index in [0.29, 0.717) is 34.7 Å². The number of aryl methyl sites for hydroxylation is 1. The van der Waals surface area contributed by atoms with Crippen molar-refractivity contribution in [2.75, 3.05) is 13.2 Å². The Morgan fingerprint density at radius 3 is 2.65 bits per heavy atom. The van der Waals surface area contributed by atoms with E-state index in [1.807, 2.05) is 37.3 Å². The van der Waals surface area contributed by atoms with Crippen LogP contribution in [-0.2, 0) is 11.2 Å². The number of amides is 1. The Hall–Kier alpha value is -3.09. The van der Waals surface area contributed by atoms with E-state index in [1.165, 1.54) is 0 Å². The number of aliphatic hydroxyl groups is 1. The minimum Gasteiger partial charge on any atom is -0.464 e. The Morgan fingerprint density at radius 1 is 1.13 bits per heavy atom. The smallest absolute Gasteiger partial charge is 0.339 e. The maximum Gasteiger partial charge on any atom is 0.339 e. The van der Waals surface area contributed by atoms with Gasteiger partial charge < -0.3 is 19.3 Å². The SMILES string of the molecule is Cc1c(CCC(=O)NCCCO)c(=O)oc2cc3occ(-c4ccc(Cl)cc4)c3cc12. The number of hydrogen-bond donors (Lipinski definition) is 2. The zero-order chi connectivity index (χ0) is 22.0. The number of aliphatic hydroxyl groups excluding tert-OH is 1. The van der Waals surface area contributed by atoms with Crippen molar-refractivity contribution in [2.24, 2.45) is 0 Å². The average Bonchev–Trinajstić information content (AvgIpc) is 3.16. The Morgan fingerprint density at radius 2 is 1.90 bits per heavy atom. The standard InChI is InChI=1S/C24H22ClNO5/c1-14-17(7-8-23(28)26-9-2-10-27)24(29)31-22-12-21-19(11-18(14)22)20(13-30-21)15-3-5-16(25)6-4-15/h3-6,11-13,27H,2,7-10H2,1H3,(H,26,28). The maximum atomic E-state index is 12.5. The molecule has 2 aromatic heterocycles. The van der Waals surface area contributed by atoms with Crippen LogP contribution in [0.15, 0.2) is 56.3 Å². The van der Waals surface area contributed by atoms with Crippen molar-refractivity contribution < 1.29 is 18.7 Å². The average molecular weight is 440 g/mol. The Balaban J connectivity index is 1.70. The highest BCUT2D eigenvalue weighted by atomic mass is 35.5. The molecule has 31 heavy (non-hydrogen) atoms. The molecule has 2 N–H and O–H groups in total. The van der Waals surface area contributed by atoms with Gasteiger partial charge in [0.05, 0.1) is 6.26 Å². The zero-order valence-electron chi connectivity index (χ0n) is 17.0. The number of hydrogen-bond acceptors (Lipinski definition) is 5. The van der Waals surface area contributed by atoms with Crippen LogP contribution in [0.5, 0.6) is 0 Å². The van der Waals surface area contributed by atoms with E-state index in [2.05, 4.69) is 5.32 Å². The number of carbonyl (C=O) groups is 1. The van der Waals surface area contributed by atoms with Gasteiger partial charge in [0.15, 0.2) is 0 Å². The van der Waals surface area contributed by atoms with E-state index in [9.17, 15) is 9.59 Å². The summed E-state index contributed by atoms with van der Waals surface area (Å²) in [5.74, 6) is -0.164. The van der Waals surface area contributed by atoms with Gasteiger partial charge in [0.1, 0.15) is 11.2 Å². The topological polar surface area (TPSA) is 92.7 Å². The van der Waals surface area contributed by atoms with Gasteiger partial charge in [-0.25, -0.2) is 4.79 Å². The first-order chi connectivity index (χ1) is 15.0. The number of fused-ring (bicyclic) bond motifs is 2. The molecule has 0 radical (unpaired) electrons. The fraction of sp³-hybridized carbons (Fsp3) is 0.250. The monoisotopic (exact) mass is 439 g/mol. The molecule has 2 heterocycles. The van der Waals surface area contributed by atoms with Crippen LogP contribution >= 0.6 is 11.6 Å². The molecule has 6 nitrogen and oxygen atoms in total. The van der Waals surface area contributed by atoms with Crippen molar-refractivity contribution >= 4 is 39.4 Å². The van der Waals surface area contributed by atoms with Crippen LogP contribution < -0.4 is 10.9 Å². The summed E-state index contributed by atoms with van der Waals surface area (Å²) in [5, 5.41) is 13.9. The number of benzene rings is 2. The molecule has 0 aliphatic heterocycles. The Kier molecular flexibility index (Phi) is 6.11. The van der Waals surface area contributed by atoms with E-state index >= 15 is 0 Å². The normalized spacial score (nSPS) is 11.3. The molecule has 2 aromatic carbocycles. The van der Waals surface area contributed by atoms with Crippen molar-refractivity contribution in [3.63, 3.8) is 0 Å². The number of rotatable bonds is 7. The van der Waals surface area contributed by atoms with E-state index in [4.69, 9.17) is 25.5 Å². The highest BCUT2D eigenvalue weighted by Crippen LogP contribution is 2.35. The largest absolute Gasteiger partial charge is 0.464 e. The van der Waals surface area contributed by atoms with Crippen LogP contribution in [0.1, 0.15) is 24.0 Å². The van der Waals surface area contributed by atoms with Crippen LogP contribution in [0.2, 0.25) is 5.02 Å². The first kappa shape index (κ1) is 21.2. The van der Waals surface area contributed by atoms with Gasteiger partial charge in [0.2, 0.25) is 5.91 Å². The van der Waals surface area contributed by atoms with Crippen molar-refractivity contribution in [2.45, 2.75) is 26.2 Å². The predicted molar refractivity (Wildman–Crippen MR) is 120 cm³/mol. The molecule has 0 saturated heterocycles. The van der Waals surface area contributed by atoms with Crippen LogP contribution in [0.4, 0.5) is 0 Å². The van der Waals surface area contributed by atoms with Gasteiger partial charge in [-0.3, -0.25) is 4.79 Å². The summed E-state index contributed by atoms with van der Waals surface area (Å²) in [4.78, 5) is 24.5.